The van der Waals surface area contributed by atoms with Crippen LogP contribution in [0.4, 0.5) is 0 Å². The van der Waals surface area contributed by atoms with E-state index in [4.69, 9.17) is 4.42 Å². The Balaban J connectivity index is 2.41. The first-order chi connectivity index (χ1) is 10.4. The van der Waals surface area contributed by atoms with E-state index in [1.54, 1.807) is 13.2 Å². The van der Waals surface area contributed by atoms with Crippen molar-refractivity contribution in [2.24, 2.45) is 4.99 Å². The predicted molar refractivity (Wildman–Crippen MR) is 86.7 cm³/mol. The smallest absolute Gasteiger partial charge is 0.239 e. The molecular formula is C15H27N5O2. The molecule has 124 valence electrons. The maximum absolute atomic E-state index is 11.5. The first-order valence-corrected chi connectivity index (χ1v) is 7.53. The molecule has 0 radical (unpaired) electrons. The van der Waals surface area contributed by atoms with Crippen molar-refractivity contribution in [1.29, 1.82) is 0 Å². The standard InChI is InChI=1S/C15H27N5O2/c1-6-7-17-12(21)9-19-14(16-5)20-10-13-18-8-11(22-13)15(2,3)4/h8H,6-7,9-10H2,1-5H3,(H,17,21)(H2,16,19,20). The highest BCUT2D eigenvalue weighted by Crippen LogP contribution is 2.22. The first-order valence-electron chi connectivity index (χ1n) is 7.53. The van der Waals surface area contributed by atoms with Crippen LogP contribution in [-0.2, 0) is 16.8 Å². The number of guanidine groups is 1. The second-order valence-corrected chi connectivity index (χ2v) is 6.00. The fourth-order valence-electron chi connectivity index (χ4n) is 1.61. The van der Waals surface area contributed by atoms with Crippen molar-refractivity contribution < 1.29 is 9.21 Å². The van der Waals surface area contributed by atoms with Gasteiger partial charge in [-0.15, -0.1) is 0 Å². The van der Waals surface area contributed by atoms with Crippen molar-refractivity contribution in [3.8, 4) is 0 Å². The molecule has 3 N–H and O–H groups in total. The Morgan fingerprint density at radius 3 is 2.59 bits per heavy atom. The van der Waals surface area contributed by atoms with E-state index in [1.807, 2.05) is 6.92 Å². The molecule has 1 heterocycles. The number of aliphatic imine (C=N–C) groups is 1. The van der Waals surface area contributed by atoms with Gasteiger partial charge in [0.05, 0.1) is 19.3 Å². The van der Waals surface area contributed by atoms with Gasteiger partial charge in [-0.2, -0.15) is 0 Å². The number of hydrogen-bond donors (Lipinski definition) is 3. The Bertz CT molecular complexity index is 502. The molecule has 0 fully saturated rings. The van der Waals surface area contributed by atoms with Gasteiger partial charge in [0.1, 0.15) is 5.76 Å². The lowest BCUT2D eigenvalue weighted by atomic mass is 9.94. The summed E-state index contributed by atoms with van der Waals surface area (Å²) in [4.78, 5) is 19.8. The molecule has 1 aromatic rings. The topological polar surface area (TPSA) is 91.5 Å². The van der Waals surface area contributed by atoms with Gasteiger partial charge in [-0.25, -0.2) is 4.98 Å². The number of hydrogen-bond acceptors (Lipinski definition) is 4. The number of amides is 1. The van der Waals surface area contributed by atoms with Gasteiger partial charge < -0.3 is 20.4 Å². The minimum absolute atomic E-state index is 0.0593. The first kappa shape index (κ1) is 18.0. The number of oxazole rings is 1. The van der Waals surface area contributed by atoms with Gasteiger partial charge in [0.25, 0.3) is 0 Å². The van der Waals surface area contributed by atoms with Crippen molar-refractivity contribution in [1.82, 2.24) is 20.9 Å². The average Bonchev–Trinajstić information content (AvgIpc) is 2.94. The number of nitrogens with one attached hydrogen (secondary N) is 3. The summed E-state index contributed by atoms with van der Waals surface area (Å²) in [6, 6.07) is 0. The van der Waals surface area contributed by atoms with Gasteiger partial charge >= 0.3 is 0 Å². The van der Waals surface area contributed by atoms with Gasteiger partial charge in [0.2, 0.25) is 11.8 Å². The Morgan fingerprint density at radius 1 is 1.32 bits per heavy atom. The van der Waals surface area contributed by atoms with E-state index >= 15 is 0 Å². The molecule has 0 aliphatic carbocycles. The van der Waals surface area contributed by atoms with E-state index in [1.165, 1.54) is 0 Å². The summed E-state index contributed by atoms with van der Waals surface area (Å²) in [5.41, 5.74) is -0.0669. The largest absolute Gasteiger partial charge is 0.443 e. The van der Waals surface area contributed by atoms with Gasteiger partial charge in [0, 0.05) is 19.0 Å². The molecule has 0 saturated carbocycles. The molecule has 22 heavy (non-hydrogen) atoms. The fraction of sp³-hybridized carbons (Fsp3) is 0.667. The molecule has 7 heteroatoms. The maximum atomic E-state index is 11.5. The van der Waals surface area contributed by atoms with E-state index in [2.05, 4.69) is 46.7 Å². The van der Waals surface area contributed by atoms with Crippen molar-refractivity contribution in [2.75, 3.05) is 20.1 Å². The molecule has 1 aromatic heterocycles. The second-order valence-electron chi connectivity index (χ2n) is 6.00. The lowest BCUT2D eigenvalue weighted by Gasteiger charge is -2.13. The van der Waals surface area contributed by atoms with Crippen LogP contribution < -0.4 is 16.0 Å². The summed E-state index contributed by atoms with van der Waals surface area (Å²) in [6.07, 6.45) is 2.66. The van der Waals surface area contributed by atoms with Crippen LogP contribution in [0.15, 0.2) is 15.6 Å². The minimum Gasteiger partial charge on any atom is -0.443 e. The molecule has 0 bridgehead atoms. The zero-order valence-electron chi connectivity index (χ0n) is 14.1. The van der Waals surface area contributed by atoms with Crippen LogP contribution >= 0.6 is 0 Å². The Morgan fingerprint density at radius 2 is 2.05 bits per heavy atom. The van der Waals surface area contributed by atoms with Gasteiger partial charge in [-0.1, -0.05) is 27.7 Å². The van der Waals surface area contributed by atoms with Crippen LogP contribution in [0.5, 0.6) is 0 Å². The highest BCUT2D eigenvalue weighted by Gasteiger charge is 2.19. The zero-order valence-corrected chi connectivity index (χ0v) is 14.1. The number of rotatable bonds is 6. The number of carbonyl (C=O) groups excluding carboxylic acids is 1. The third-order valence-electron chi connectivity index (χ3n) is 2.91. The summed E-state index contributed by atoms with van der Waals surface area (Å²) >= 11 is 0. The highest BCUT2D eigenvalue weighted by atomic mass is 16.4. The van der Waals surface area contributed by atoms with Crippen LogP contribution in [0.1, 0.15) is 45.8 Å². The van der Waals surface area contributed by atoms with E-state index in [0.29, 0.717) is 24.9 Å². The Hall–Kier alpha value is -2.05. The second kappa shape index (κ2) is 8.41. The molecule has 7 nitrogen and oxygen atoms in total. The monoisotopic (exact) mass is 309 g/mol. The van der Waals surface area contributed by atoms with Crippen LogP contribution in [0, 0.1) is 0 Å². The van der Waals surface area contributed by atoms with Gasteiger partial charge in [-0.3, -0.25) is 9.79 Å². The quantitative estimate of drug-likeness (QED) is 0.542. The van der Waals surface area contributed by atoms with E-state index in [0.717, 1.165) is 12.2 Å². The van der Waals surface area contributed by atoms with Crippen LogP contribution in [0.3, 0.4) is 0 Å². The summed E-state index contributed by atoms with van der Waals surface area (Å²) in [5.74, 6) is 1.90. The molecule has 0 unspecified atom stereocenters. The Kier molecular flexibility index (Phi) is 6.88. The molecule has 0 aromatic carbocycles. The Labute approximate surface area is 132 Å². The number of nitrogens with zero attached hydrogens (tertiary/aromatic N) is 2. The van der Waals surface area contributed by atoms with Crippen LogP contribution in [0.2, 0.25) is 0 Å². The summed E-state index contributed by atoms with van der Waals surface area (Å²) in [6.45, 7) is 9.49. The van der Waals surface area contributed by atoms with Gasteiger partial charge in [0.15, 0.2) is 5.96 Å². The predicted octanol–water partition coefficient (Wildman–Crippen LogP) is 1.16. The molecule has 0 aliphatic rings. The highest BCUT2D eigenvalue weighted by molar-refractivity contribution is 5.86. The van der Waals surface area contributed by atoms with Crippen molar-refractivity contribution in [2.45, 2.75) is 46.1 Å². The van der Waals surface area contributed by atoms with E-state index in [9.17, 15) is 4.79 Å². The SMILES string of the molecule is CCCNC(=O)CNC(=NC)NCc1ncc(C(C)(C)C)o1. The number of aromatic nitrogens is 1. The minimum atomic E-state index is -0.0669. The molecule has 1 rings (SSSR count). The van der Waals surface area contributed by atoms with Crippen LogP contribution in [-0.4, -0.2) is 37.0 Å². The zero-order chi connectivity index (χ0) is 16.6. The molecule has 0 spiro atoms. The number of carbonyl (C=O) groups is 1. The van der Waals surface area contributed by atoms with E-state index < -0.39 is 0 Å². The normalized spacial score (nSPS) is 12.1. The van der Waals surface area contributed by atoms with Crippen molar-refractivity contribution >= 4 is 11.9 Å². The molecule has 0 saturated heterocycles. The van der Waals surface area contributed by atoms with Crippen molar-refractivity contribution in [3.05, 3.63) is 17.8 Å². The van der Waals surface area contributed by atoms with Crippen molar-refractivity contribution in [3.63, 3.8) is 0 Å². The molecule has 0 atom stereocenters. The van der Waals surface area contributed by atoms with E-state index in [-0.39, 0.29) is 17.9 Å². The molecule has 1 amide bonds. The fourth-order valence-corrected chi connectivity index (χ4v) is 1.61. The lowest BCUT2D eigenvalue weighted by molar-refractivity contribution is -0.120. The summed E-state index contributed by atoms with van der Waals surface area (Å²) < 4.78 is 5.69. The third kappa shape index (κ3) is 6.15. The average molecular weight is 309 g/mol. The lowest BCUT2D eigenvalue weighted by Crippen LogP contribution is -2.43. The molecule has 0 aliphatic heterocycles. The molecular weight excluding hydrogens is 282 g/mol. The van der Waals surface area contributed by atoms with Crippen LogP contribution in [0.25, 0.3) is 0 Å². The third-order valence-corrected chi connectivity index (χ3v) is 2.91. The summed E-state index contributed by atoms with van der Waals surface area (Å²) in [7, 11) is 1.65. The van der Waals surface area contributed by atoms with Gasteiger partial charge in [-0.05, 0) is 6.42 Å². The maximum Gasteiger partial charge on any atom is 0.239 e. The summed E-state index contributed by atoms with van der Waals surface area (Å²) in [5, 5.41) is 8.80.